The Labute approximate surface area is 193 Å². The minimum absolute atomic E-state index is 0.219. The van der Waals surface area contributed by atoms with E-state index in [2.05, 4.69) is 45.4 Å². The van der Waals surface area contributed by atoms with Gasteiger partial charge in [-0.15, -0.1) is 0 Å². The Bertz CT molecular complexity index is 1040. The fourth-order valence-corrected chi connectivity index (χ4v) is 7.98. The fourth-order valence-electron chi connectivity index (χ4n) is 6.51. The largest absolute Gasteiger partial charge is 0.611 e. The molecule has 2 aromatic carbocycles. The van der Waals surface area contributed by atoms with Gasteiger partial charge in [-0.25, -0.2) is 0 Å². The predicted molar refractivity (Wildman–Crippen MR) is 129 cm³/mol. The van der Waals surface area contributed by atoms with Crippen LogP contribution in [-0.2, 0) is 27.8 Å². The average molecular weight is 450 g/mol. The molecule has 3 atom stereocenters. The third-order valence-corrected chi connectivity index (χ3v) is 9.54. The highest BCUT2D eigenvalue weighted by atomic mass is 32.2. The van der Waals surface area contributed by atoms with Crippen LogP contribution in [0.4, 0.5) is 11.4 Å². The predicted octanol–water partition coefficient (Wildman–Crippen LogP) is 3.70. The van der Waals surface area contributed by atoms with Crippen molar-refractivity contribution in [3.05, 3.63) is 53.6 Å². The minimum atomic E-state index is -0.898. The minimum Gasteiger partial charge on any atom is -0.611 e. The number of carbonyl (C=O) groups is 1. The number of rotatable bonds is 5. The van der Waals surface area contributed by atoms with Crippen LogP contribution in [0.1, 0.15) is 43.2 Å². The maximum Gasteiger partial charge on any atom is 0.235 e. The number of para-hydroxylation sites is 1. The molecule has 1 aliphatic carbocycles. The van der Waals surface area contributed by atoms with Gasteiger partial charge < -0.3 is 14.8 Å². The lowest BCUT2D eigenvalue weighted by molar-refractivity contribution is -0.121. The van der Waals surface area contributed by atoms with Gasteiger partial charge in [0.25, 0.3) is 0 Å². The van der Waals surface area contributed by atoms with Crippen LogP contribution in [0, 0.1) is 0 Å². The van der Waals surface area contributed by atoms with Crippen molar-refractivity contribution in [2.45, 2.75) is 54.9 Å². The van der Waals surface area contributed by atoms with Gasteiger partial charge in [-0.05, 0) is 79.2 Å². The molecule has 1 saturated heterocycles. The summed E-state index contributed by atoms with van der Waals surface area (Å²) in [6, 6.07) is 14.9. The second-order valence-electron chi connectivity index (χ2n) is 9.81. The zero-order chi connectivity index (χ0) is 21.7. The maximum atomic E-state index is 13.0. The van der Waals surface area contributed by atoms with E-state index < -0.39 is 11.2 Å². The van der Waals surface area contributed by atoms with Gasteiger partial charge in [0.2, 0.25) is 5.91 Å². The van der Waals surface area contributed by atoms with Crippen molar-refractivity contribution >= 4 is 28.5 Å². The molecule has 168 valence electrons. The van der Waals surface area contributed by atoms with Gasteiger partial charge in [0.05, 0.1) is 17.1 Å². The van der Waals surface area contributed by atoms with Gasteiger partial charge in [0.1, 0.15) is 5.75 Å². The highest BCUT2D eigenvalue weighted by Crippen LogP contribution is 2.49. The number of piperazine rings is 1. The molecule has 32 heavy (non-hydrogen) atoms. The standard InChI is InChI=1S/C26H31N3O2S/c30-25-26(13-6-8-19-7-5-9-21(27-25)24(19)26)12-3-4-14-28-15-16-29-20(17-28)18-32(31)23-11-2-1-10-22(23)29/h1-2,5,7,9-11,20H,3-4,6,8,12-18H2,(H,27,30). The summed E-state index contributed by atoms with van der Waals surface area (Å²) in [4.78, 5) is 19.0. The first-order valence-corrected chi connectivity index (χ1v) is 13.4. The Hall–Kier alpha value is -2.02. The third-order valence-electron chi connectivity index (χ3n) is 8.02. The average Bonchev–Trinajstić information content (AvgIpc) is 3.10. The van der Waals surface area contributed by atoms with Crippen LogP contribution in [0.3, 0.4) is 0 Å². The normalized spacial score (nSPS) is 28.7. The van der Waals surface area contributed by atoms with E-state index in [1.807, 2.05) is 12.1 Å². The summed E-state index contributed by atoms with van der Waals surface area (Å²) in [7, 11) is 0. The molecule has 1 N–H and O–H groups in total. The second kappa shape index (κ2) is 8.08. The topological polar surface area (TPSA) is 58.6 Å². The van der Waals surface area contributed by atoms with Crippen molar-refractivity contribution in [1.82, 2.24) is 4.90 Å². The second-order valence-corrected chi connectivity index (χ2v) is 11.3. The van der Waals surface area contributed by atoms with E-state index in [1.165, 1.54) is 16.8 Å². The van der Waals surface area contributed by atoms with Crippen LogP contribution in [0.25, 0.3) is 0 Å². The molecule has 0 radical (unpaired) electrons. The van der Waals surface area contributed by atoms with Crippen LogP contribution in [-0.4, -0.2) is 53.3 Å². The van der Waals surface area contributed by atoms with Crippen LogP contribution >= 0.6 is 0 Å². The van der Waals surface area contributed by atoms with Crippen LogP contribution < -0.4 is 10.2 Å². The Kier molecular flexibility index (Phi) is 5.20. The summed E-state index contributed by atoms with van der Waals surface area (Å²) >= 11 is -0.898. The van der Waals surface area contributed by atoms with Crippen LogP contribution in [0.5, 0.6) is 0 Å². The van der Waals surface area contributed by atoms with Crippen molar-refractivity contribution in [3.63, 3.8) is 0 Å². The lowest BCUT2D eigenvalue weighted by Crippen LogP contribution is -2.58. The Balaban J connectivity index is 1.07. The van der Waals surface area contributed by atoms with E-state index in [9.17, 15) is 9.35 Å². The summed E-state index contributed by atoms with van der Waals surface area (Å²) in [5.41, 5.74) is 4.59. The van der Waals surface area contributed by atoms with E-state index in [-0.39, 0.29) is 11.3 Å². The number of unbranched alkanes of at least 4 members (excludes halogenated alkanes) is 1. The van der Waals surface area contributed by atoms with Crippen molar-refractivity contribution in [2.24, 2.45) is 0 Å². The third kappa shape index (κ3) is 3.27. The summed E-state index contributed by atoms with van der Waals surface area (Å²) in [5.74, 6) is 0.952. The molecule has 4 aliphatic rings. The van der Waals surface area contributed by atoms with E-state index in [4.69, 9.17) is 0 Å². The fraction of sp³-hybridized carbons (Fsp3) is 0.500. The first-order chi connectivity index (χ1) is 15.7. The number of nitrogens with one attached hydrogen (secondary N) is 1. The van der Waals surface area contributed by atoms with E-state index in [0.717, 1.165) is 81.0 Å². The zero-order valence-electron chi connectivity index (χ0n) is 18.5. The monoisotopic (exact) mass is 449 g/mol. The number of amides is 1. The molecular formula is C26H31N3O2S. The molecule has 5 nitrogen and oxygen atoms in total. The quantitative estimate of drug-likeness (QED) is 0.559. The van der Waals surface area contributed by atoms with Gasteiger partial charge in [0.15, 0.2) is 4.90 Å². The lowest BCUT2D eigenvalue weighted by atomic mass is 9.68. The Morgan fingerprint density at radius 2 is 2.03 bits per heavy atom. The number of fused-ring (bicyclic) bond motifs is 3. The molecule has 6 rings (SSSR count). The Morgan fingerprint density at radius 3 is 2.97 bits per heavy atom. The van der Waals surface area contributed by atoms with Crippen LogP contribution in [0.15, 0.2) is 47.4 Å². The maximum absolute atomic E-state index is 13.0. The first-order valence-electron chi connectivity index (χ1n) is 12.1. The van der Waals surface area contributed by atoms with Crippen molar-refractivity contribution in [2.75, 3.05) is 42.1 Å². The zero-order valence-corrected chi connectivity index (χ0v) is 19.3. The summed E-state index contributed by atoms with van der Waals surface area (Å²) in [6.45, 7) is 4.10. The van der Waals surface area contributed by atoms with Crippen molar-refractivity contribution < 1.29 is 9.35 Å². The van der Waals surface area contributed by atoms with Gasteiger partial charge in [-0.3, -0.25) is 9.69 Å². The molecule has 3 unspecified atom stereocenters. The van der Waals surface area contributed by atoms with E-state index >= 15 is 0 Å². The van der Waals surface area contributed by atoms with Crippen molar-refractivity contribution in [1.29, 1.82) is 0 Å². The molecule has 0 spiro atoms. The highest BCUT2D eigenvalue weighted by molar-refractivity contribution is 7.91. The lowest BCUT2D eigenvalue weighted by Gasteiger charge is -2.45. The summed E-state index contributed by atoms with van der Waals surface area (Å²) in [5, 5.41) is 3.17. The number of nitrogens with zero attached hydrogens (tertiary/aromatic N) is 2. The van der Waals surface area contributed by atoms with Gasteiger partial charge in [-0.2, -0.15) is 0 Å². The molecule has 3 heterocycles. The van der Waals surface area contributed by atoms with E-state index in [0.29, 0.717) is 6.04 Å². The molecule has 0 aromatic heterocycles. The highest BCUT2D eigenvalue weighted by Gasteiger charge is 2.48. The first kappa shape index (κ1) is 20.6. The SMILES string of the molecule is O=C1Nc2cccc3c2C1(CCCCN1CCN2c4ccccc4[S+]([O-])CC2C1)CCC3. The van der Waals surface area contributed by atoms with Crippen molar-refractivity contribution in [3.8, 4) is 0 Å². The number of carbonyl (C=O) groups excluding carboxylic acids is 1. The van der Waals surface area contributed by atoms with Gasteiger partial charge in [-0.1, -0.05) is 30.7 Å². The number of benzene rings is 2. The number of aryl methyl sites for hydroxylation is 1. The molecule has 1 amide bonds. The molecular weight excluding hydrogens is 418 g/mol. The Morgan fingerprint density at radius 1 is 1.12 bits per heavy atom. The molecule has 0 bridgehead atoms. The molecule has 3 aliphatic heterocycles. The van der Waals surface area contributed by atoms with E-state index in [1.54, 1.807) is 0 Å². The summed E-state index contributed by atoms with van der Waals surface area (Å²) < 4.78 is 12.7. The van der Waals surface area contributed by atoms with Gasteiger partial charge >= 0.3 is 0 Å². The van der Waals surface area contributed by atoms with Gasteiger partial charge in [0, 0.05) is 25.3 Å². The molecule has 0 saturated carbocycles. The number of hydrogen-bond acceptors (Lipinski definition) is 4. The smallest absolute Gasteiger partial charge is 0.235 e. The number of hydrogen-bond donors (Lipinski definition) is 1. The summed E-state index contributed by atoms with van der Waals surface area (Å²) in [6.07, 6.45) is 6.31. The molecule has 6 heteroatoms. The molecule has 2 aromatic rings. The van der Waals surface area contributed by atoms with Crippen LogP contribution in [0.2, 0.25) is 0 Å². The molecule has 1 fully saturated rings. The number of anilines is 2.